The van der Waals surface area contributed by atoms with Crippen LogP contribution in [0, 0.1) is 17.2 Å². The normalized spacial score (nSPS) is 22.6. The van der Waals surface area contributed by atoms with Gasteiger partial charge in [0.05, 0.1) is 24.6 Å². The topological polar surface area (TPSA) is 99.1 Å². The lowest BCUT2D eigenvalue weighted by molar-refractivity contribution is 0.0891. The Morgan fingerprint density at radius 1 is 1.16 bits per heavy atom. The molecule has 190 valence electrons. The largest absolute Gasteiger partial charge is 0.495 e. The summed E-state index contributed by atoms with van der Waals surface area (Å²) in [4.78, 5) is 17.9. The number of nitrogens with one attached hydrogen (secondary N) is 3. The molecule has 0 radical (unpaired) electrons. The van der Waals surface area contributed by atoms with E-state index in [-0.39, 0.29) is 11.9 Å². The van der Waals surface area contributed by atoms with E-state index in [1.165, 1.54) is 12.8 Å². The fraction of sp³-hybridized carbons (Fsp3) is 0.367. The first kappa shape index (κ1) is 24.8. The first-order valence-electron chi connectivity index (χ1n) is 12.9. The average Bonchev–Trinajstić information content (AvgIpc) is 2.90. The second-order valence-corrected chi connectivity index (χ2v) is 10.3. The number of ether oxygens (including phenoxy) is 1. The Kier molecular flexibility index (Phi) is 7.11. The molecular formula is C30H33N5O2. The predicted octanol–water partition coefficient (Wildman–Crippen LogP) is 5.05. The molecule has 0 spiro atoms. The molecule has 2 atom stereocenters. The number of pyridine rings is 1. The Morgan fingerprint density at radius 2 is 1.92 bits per heavy atom. The molecule has 2 unspecified atom stereocenters. The van der Waals surface area contributed by atoms with Crippen molar-refractivity contribution < 1.29 is 9.53 Å². The monoisotopic (exact) mass is 495 g/mol. The molecule has 2 aliphatic heterocycles. The lowest BCUT2D eigenvalue weighted by Gasteiger charge is -2.43. The Hall–Kier alpha value is -3.89. The first-order chi connectivity index (χ1) is 17.9. The van der Waals surface area contributed by atoms with Crippen LogP contribution in [-0.4, -0.2) is 42.7 Å². The van der Waals surface area contributed by atoms with Crippen LogP contribution in [0.5, 0.6) is 5.75 Å². The lowest BCUT2D eigenvalue weighted by Crippen LogP contribution is -2.56. The smallest absolute Gasteiger partial charge is 0.270 e. The number of carbonyl (C=O) groups is 1. The highest BCUT2D eigenvalue weighted by atomic mass is 16.5. The van der Waals surface area contributed by atoms with Crippen molar-refractivity contribution in [1.29, 1.82) is 5.26 Å². The minimum absolute atomic E-state index is 0.125. The Morgan fingerprint density at radius 3 is 2.65 bits per heavy atom. The molecular weight excluding hydrogens is 462 g/mol. The van der Waals surface area contributed by atoms with Crippen LogP contribution in [-0.2, 0) is 0 Å². The highest BCUT2D eigenvalue weighted by molar-refractivity contribution is 5.99. The quantitative estimate of drug-likeness (QED) is 0.397. The summed E-state index contributed by atoms with van der Waals surface area (Å²) in [5.74, 6) is 1.30. The number of hydrogen-bond acceptors (Lipinski definition) is 6. The zero-order valence-corrected chi connectivity index (χ0v) is 21.4. The molecule has 3 aromatic rings. The number of nitrogens with zero attached hydrogens (tertiary/aromatic N) is 2. The van der Waals surface area contributed by atoms with Crippen LogP contribution in [0.15, 0.2) is 60.7 Å². The fourth-order valence-corrected chi connectivity index (χ4v) is 5.79. The van der Waals surface area contributed by atoms with E-state index in [0.29, 0.717) is 35.6 Å². The van der Waals surface area contributed by atoms with E-state index in [9.17, 15) is 4.79 Å². The van der Waals surface area contributed by atoms with Crippen molar-refractivity contribution >= 4 is 22.4 Å². The predicted molar refractivity (Wildman–Crippen MR) is 147 cm³/mol. The van der Waals surface area contributed by atoms with Crippen molar-refractivity contribution in [3.8, 4) is 23.1 Å². The number of benzene rings is 2. The number of methoxy groups -OCH3 is 1. The number of amides is 1. The molecule has 2 aliphatic rings. The molecule has 1 amide bonds. The molecule has 3 heterocycles. The van der Waals surface area contributed by atoms with Crippen molar-refractivity contribution in [3.05, 3.63) is 66.4 Å². The molecule has 7 nitrogen and oxygen atoms in total. The van der Waals surface area contributed by atoms with Gasteiger partial charge in [0.2, 0.25) is 0 Å². The number of nitriles is 1. The van der Waals surface area contributed by atoms with Gasteiger partial charge in [-0.2, -0.15) is 5.26 Å². The van der Waals surface area contributed by atoms with Crippen LogP contribution < -0.4 is 20.7 Å². The third-order valence-corrected chi connectivity index (χ3v) is 7.44. The minimum atomic E-state index is -0.125. The molecule has 2 saturated heterocycles. The molecule has 37 heavy (non-hydrogen) atoms. The fourth-order valence-electron chi connectivity index (χ4n) is 5.79. The van der Waals surface area contributed by atoms with Crippen molar-refractivity contribution in [2.24, 2.45) is 5.92 Å². The SMILES string of the molecule is C=C(C#N)CNc1c(OC)ccc2ccc(-c3cccc(C(=O)NC4CC5CC(C)CC(C4)N5)n3)cc12. The third kappa shape index (κ3) is 5.45. The average molecular weight is 496 g/mol. The third-order valence-electron chi connectivity index (χ3n) is 7.44. The Labute approximate surface area is 217 Å². The summed E-state index contributed by atoms with van der Waals surface area (Å²) in [5, 5.41) is 21.3. The summed E-state index contributed by atoms with van der Waals surface area (Å²) in [6.07, 6.45) is 4.27. The van der Waals surface area contributed by atoms with Gasteiger partial charge in [0, 0.05) is 41.2 Å². The molecule has 3 N–H and O–H groups in total. The number of aromatic nitrogens is 1. The summed E-state index contributed by atoms with van der Waals surface area (Å²) in [5.41, 5.74) is 3.26. The van der Waals surface area contributed by atoms with Crippen LogP contribution in [0.4, 0.5) is 5.69 Å². The summed E-state index contributed by atoms with van der Waals surface area (Å²) in [6, 6.07) is 18.7. The van der Waals surface area contributed by atoms with Gasteiger partial charge in [-0.3, -0.25) is 4.79 Å². The van der Waals surface area contributed by atoms with E-state index < -0.39 is 0 Å². The van der Waals surface area contributed by atoms with E-state index >= 15 is 0 Å². The Balaban J connectivity index is 1.38. The number of fused-ring (bicyclic) bond motifs is 3. The van der Waals surface area contributed by atoms with Gasteiger partial charge in [0.25, 0.3) is 5.91 Å². The van der Waals surface area contributed by atoms with Gasteiger partial charge in [-0.15, -0.1) is 0 Å². The van der Waals surface area contributed by atoms with Crippen molar-refractivity contribution in [1.82, 2.24) is 15.6 Å². The van der Waals surface area contributed by atoms with Crippen LogP contribution in [0.25, 0.3) is 22.0 Å². The standard InChI is InChI=1S/C30H33N5O2/c1-18-11-22-14-24(15-23(12-18)33-22)34-30(36)27-6-4-5-26(35-27)21-8-7-20-9-10-28(37-3)29(25(20)13-21)32-17-19(2)16-31/h4-10,13,18,22-24,32-33H,2,11-12,14-15,17H2,1,3H3,(H,34,36). The molecule has 2 bridgehead atoms. The summed E-state index contributed by atoms with van der Waals surface area (Å²) in [7, 11) is 1.62. The van der Waals surface area contributed by atoms with Crippen molar-refractivity contribution in [3.63, 3.8) is 0 Å². The minimum Gasteiger partial charge on any atom is -0.495 e. The van der Waals surface area contributed by atoms with Crippen LogP contribution in [0.3, 0.4) is 0 Å². The summed E-state index contributed by atoms with van der Waals surface area (Å²) >= 11 is 0. The molecule has 2 fully saturated rings. The van der Waals surface area contributed by atoms with Gasteiger partial charge in [-0.05, 0) is 61.3 Å². The van der Waals surface area contributed by atoms with Gasteiger partial charge in [0.1, 0.15) is 11.4 Å². The maximum Gasteiger partial charge on any atom is 0.270 e. The van der Waals surface area contributed by atoms with Crippen LogP contribution in [0.2, 0.25) is 0 Å². The van der Waals surface area contributed by atoms with Crippen LogP contribution in [0.1, 0.15) is 43.1 Å². The van der Waals surface area contributed by atoms with Gasteiger partial charge in [-0.25, -0.2) is 4.98 Å². The highest BCUT2D eigenvalue weighted by Crippen LogP contribution is 2.36. The first-order valence-corrected chi connectivity index (χ1v) is 12.9. The number of anilines is 1. The number of rotatable bonds is 7. The summed E-state index contributed by atoms with van der Waals surface area (Å²) < 4.78 is 5.57. The van der Waals surface area contributed by atoms with E-state index in [0.717, 1.165) is 46.5 Å². The second-order valence-electron chi connectivity index (χ2n) is 10.3. The van der Waals surface area contributed by atoms with E-state index in [2.05, 4.69) is 35.5 Å². The highest BCUT2D eigenvalue weighted by Gasteiger charge is 2.34. The van der Waals surface area contributed by atoms with E-state index in [4.69, 9.17) is 15.0 Å². The van der Waals surface area contributed by atoms with E-state index in [1.807, 2.05) is 42.5 Å². The molecule has 7 heteroatoms. The molecule has 0 saturated carbocycles. The second kappa shape index (κ2) is 10.6. The lowest BCUT2D eigenvalue weighted by atomic mass is 9.79. The van der Waals surface area contributed by atoms with Gasteiger partial charge in [-0.1, -0.05) is 37.8 Å². The molecule has 0 aliphatic carbocycles. The van der Waals surface area contributed by atoms with Gasteiger partial charge in [0.15, 0.2) is 0 Å². The Bertz CT molecular complexity index is 1360. The zero-order chi connectivity index (χ0) is 25.9. The van der Waals surface area contributed by atoms with Gasteiger partial charge < -0.3 is 20.7 Å². The van der Waals surface area contributed by atoms with Gasteiger partial charge >= 0.3 is 0 Å². The summed E-state index contributed by atoms with van der Waals surface area (Å²) in [6.45, 7) is 6.40. The van der Waals surface area contributed by atoms with Crippen LogP contribution >= 0.6 is 0 Å². The zero-order valence-electron chi connectivity index (χ0n) is 21.4. The molecule has 1 aromatic heterocycles. The number of carbonyl (C=O) groups excluding carboxylic acids is 1. The van der Waals surface area contributed by atoms with Crippen molar-refractivity contribution in [2.75, 3.05) is 19.0 Å². The number of hydrogen-bond donors (Lipinski definition) is 3. The maximum absolute atomic E-state index is 13.2. The molecule has 2 aromatic carbocycles. The van der Waals surface area contributed by atoms with Crippen molar-refractivity contribution in [2.45, 2.75) is 50.7 Å². The molecule has 5 rings (SSSR count). The van der Waals surface area contributed by atoms with E-state index in [1.54, 1.807) is 13.2 Å². The maximum atomic E-state index is 13.2. The number of piperidine rings is 2.